The molecule has 0 saturated heterocycles. The Balaban J connectivity index is 1.99. The molecule has 3 aromatic rings. The number of rotatable bonds is 3. The van der Waals surface area contributed by atoms with Gasteiger partial charge in [0, 0.05) is 23.2 Å². The van der Waals surface area contributed by atoms with Crippen LogP contribution in [-0.4, -0.2) is 10.8 Å². The minimum atomic E-state index is -0.805. The summed E-state index contributed by atoms with van der Waals surface area (Å²) in [5.41, 5.74) is 0.568. The zero-order valence-electron chi connectivity index (χ0n) is 12.6. The van der Waals surface area contributed by atoms with Gasteiger partial charge in [0.15, 0.2) is 0 Å². The van der Waals surface area contributed by atoms with Crippen LogP contribution in [0.15, 0.2) is 57.7 Å². The second kappa shape index (κ2) is 5.96. The van der Waals surface area contributed by atoms with E-state index in [2.05, 4.69) is 5.32 Å². The number of nitrogens with zero attached hydrogens (tertiary/aromatic N) is 1. The predicted molar refractivity (Wildman–Crippen MR) is 88.3 cm³/mol. The van der Waals surface area contributed by atoms with E-state index in [1.165, 1.54) is 24.3 Å². The monoisotopic (exact) mass is 324 g/mol. The molecule has 1 heterocycles. The molecule has 1 aromatic heterocycles. The molecule has 2 aromatic carbocycles. The van der Waals surface area contributed by atoms with Crippen molar-refractivity contribution in [1.29, 1.82) is 0 Å². The highest BCUT2D eigenvalue weighted by molar-refractivity contribution is 6.05. The van der Waals surface area contributed by atoms with Crippen LogP contribution >= 0.6 is 0 Å². The third-order valence-electron chi connectivity index (χ3n) is 3.48. The van der Waals surface area contributed by atoms with Crippen LogP contribution in [0.2, 0.25) is 0 Å². The lowest BCUT2D eigenvalue weighted by molar-refractivity contribution is -0.384. The number of carbonyl (C=O) groups excluding carboxylic acids is 1. The summed E-state index contributed by atoms with van der Waals surface area (Å²) in [5.74, 6) is -0.638. The number of carbonyl (C=O) groups is 1. The Kier molecular flexibility index (Phi) is 3.83. The Hall–Kier alpha value is -3.48. The van der Waals surface area contributed by atoms with Gasteiger partial charge in [-0.25, -0.2) is 4.79 Å². The minimum Gasteiger partial charge on any atom is -0.422 e. The predicted octanol–water partition coefficient (Wildman–Crippen LogP) is 3.26. The standard InChI is InChI=1S/C17H12N2O5/c1-10-2-4-12(5-3-10)18-16(20)14-9-11-8-13(19(22)23)6-7-15(11)24-17(14)21/h2-9H,1H3,(H,18,20). The first-order valence-electron chi connectivity index (χ1n) is 7.04. The summed E-state index contributed by atoms with van der Waals surface area (Å²) in [5, 5.41) is 13.7. The zero-order chi connectivity index (χ0) is 17.3. The summed E-state index contributed by atoms with van der Waals surface area (Å²) in [4.78, 5) is 34.5. The summed E-state index contributed by atoms with van der Waals surface area (Å²) in [6, 6.07) is 12.2. The lowest BCUT2D eigenvalue weighted by atomic mass is 10.1. The molecule has 0 saturated carbocycles. The molecule has 0 spiro atoms. The summed E-state index contributed by atoms with van der Waals surface area (Å²) in [6.45, 7) is 1.91. The summed E-state index contributed by atoms with van der Waals surface area (Å²) in [7, 11) is 0. The van der Waals surface area contributed by atoms with Crippen molar-refractivity contribution in [2.24, 2.45) is 0 Å². The number of nitrogens with one attached hydrogen (secondary N) is 1. The van der Waals surface area contributed by atoms with E-state index >= 15 is 0 Å². The van der Waals surface area contributed by atoms with Crippen LogP contribution in [-0.2, 0) is 0 Å². The maximum Gasteiger partial charge on any atom is 0.349 e. The molecule has 0 unspecified atom stereocenters. The van der Waals surface area contributed by atoms with Crippen molar-refractivity contribution < 1.29 is 14.1 Å². The molecule has 1 amide bonds. The van der Waals surface area contributed by atoms with E-state index in [-0.39, 0.29) is 16.8 Å². The molecule has 7 heteroatoms. The molecule has 0 fully saturated rings. The third-order valence-corrected chi connectivity index (χ3v) is 3.48. The van der Waals surface area contributed by atoms with Crippen LogP contribution in [0, 0.1) is 17.0 Å². The molecular formula is C17H12N2O5. The number of nitro benzene ring substituents is 1. The lowest BCUT2D eigenvalue weighted by Gasteiger charge is -2.05. The smallest absolute Gasteiger partial charge is 0.349 e. The van der Waals surface area contributed by atoms with E-state index in [0.717, 1.165) is 5.56 Å². The number of benzene rings is 2. The van der Waals surface area contributed by atoms with Gasteiger partial charge in [-0.05, 0) is 31.2 Å². The van der Waals surface area contributed by atoms with Gasteiger partial charge in [-0.3, -0.25) is 14.9 Å². The van der Waals surface area contributed by atoms with Gasteiger partial charge in [0.1, 0.15) is 11.1 Å². The second-order valence-electron chi connectivity index (χ2n) is 5.25. The Morgan fingerprint density at radius 3 is 2.50 bits per heavy atom. The highest BCUT2D eigenvalue weighted by Crippen LogP contribution is 2.21. The van der Waals surface area contributed by atoms with E-state index in [1.54, 1.807) is 12.1 Å². The minimum absolute atomic E-state index is 0.152. The quantitative estimate of drug-likeness (QED) is 0.452. The number of anilines is 1. The molecule has 0 aliphatic carbocycles. The number of aryl methyl sites for hydroxylation is 1. The van der Waals surface area contributed by atoms with Gasteiger partial charge in [-0.1, -0.05) is 17.7 Å². The Labute approximate surface area is 135 Å². The van der Waals surface area contributed by atoms with Crippen molar-refractivity contribution in [3.05, 3.63) is 80.2 Å². The molecule has 120 valence electrons. The normalized spacial score (nSPS) is 10.5. The van der Waals surface area contributed by atoms with Crippen molar-refractivity contribution in [1.82, 2.24) is 0 Å². The SMILES string of the molecule is Cc1ccc(NC(=O)c2cc3cc([N+](=O)[O-])ccc3oc2=O)cc1. The fourth-order valence-electron chi connectivity index (χ4n) is 2.22. The third kappa shape index (κ3) is 3.00. The summed E-state index contributed by atoms with van der Waals surface area (Å²) >= 11 is 0. The molecule has 0 atom stereocenters. The molecule has 0 radical (unpaired) electrons. The second-order valence-corrected chi connectivity index (χ2v) is 5.25. The topological polar surface area (TPSA) is 102 Å². The van der Waals surface area contributed by atoms with E-state index < -0.39 is 16.5 Å². The fourth-order valence-corrected chi connectivity index (χ4v) is 2.22. The van der Waals surface area contributed by atoms with Gasteiger partial charge in [0.2, 0.25) is 0 Å². The summed E-state index contributed by atoms with van der Waals surface area (Å²) in [6.07, 6.45) is 0. The molecule has 0 aliphatic heterocycles. The first-order chi connectivity index (χ1) is 11.4. The number of non-ortho nitro benzene ring substituents is 1. The van der Waals surface area contributed by atoms with Gasteiger partial charge in [0.05, 0.1) is 4.92 Å². The van der Waals surface area contributed by atoms with Crippen LogP contribution in [0.3, 0.4) is 0 Å². The number of hydrogen-bond acceptors (Lipinski definition) is 5. The summed E-state index contributed by atoms with van der Waals surface area (Å²) < 4.78 is 5.07. The van der Waals surface area contributed by atoms with Crippen LogP contribution < -0.4 is 10.9 Å². The first-order valence-corrected chi connectivity index (χ1v) is 7.04. The van der Waals surface area contributed by atoms with Crippen LogP contribution in [0.1, 0.15) is 15.9 Å². The average molecular weight is 324 g/mol. The largest absolute Gasteiger partial charge is 0.422 e. The number of fused-ring (bicyclic) bond motifs is 1. The van der Waals surface area contributed by atoms with E-state index in [4.69, 9.17) is 4.42 Å². The van der Waals surface area contributed by atoms with E-state index in [0.29, 0.717) is 11.1 Å². The maximum absolute atomic E-state index is 12.3. The van der Waals surface area contributed by atoms with E-state index in [1.807, 2.05) is 19.1 Å². The maximum atomic E-state index is 12.3. The zero-order valence-corrected chi connectivity index (χ0v) is 12.6. The first kappa shape index (κ1) is 15.4. The van der Waals surface area contributed by atoms with Gasteiger partial charge in [-0.2, -0.15) is 0 Å². The van der Waals surface area contributed by atoms with Crippen LogP contribution in [0.25, 0.3) is 11.0 Å². The highest BCUT2D eigenvalue weighted by Gasteiger charge is 2.16. The van der Waals surface area contributed by atoms with E-state index in [9.17, 15) is 19.7 Å². The number of nitro groups is 1. The average Bonchev–Trinajstić information content (AvgIpc) is 2.55. The van der Waals surface area contributed by atoms with Crippen molar-refractivity contribution in [2.75, 3.05) is 5.32 Å². The highest BCUT2D eigenvalue weighted by atomic mass is 16.6. The van der Waals surface area contributed by atoms with Crippen molar-refractivity contribution in [3.63, 3.8) is 0 Å². The number of amides is 1. The Bertz CT molecular complexity index is 1010. The Morgan fingerprint density at radius 2 is 1.83 bits per heavy atom. The van der Waals surface area contributed by atoms with Crippen molar-refractivity contribution >= 4 is 28.3 Å². The van der Waals surface area contributed by atoms with Crippen LogP contribution in [0.4, 0.5) is 11.4 Å². The molecular weight excluding hydrogens is 312 g/mol. The molecule has 7 nitrogen and oxygen atoms in total. The van der Waals surface area contributed by atoms with Crippen LogP contribution in [0.5, 0.6) is 0 Å². The molecule has 0 bridgehead atoms. The Morgan fingerprint density at radius 1 is 1.12 bits per heavy atom. The molecule has 0 aliphatic rings. The van der Waals surface area contributed by atoms with Gasteiger partial charge >= 0.3 is 5.63 Å². The lowest BCUT2D eigenvalue weighted by Crippen LogP contribution is -2.20. The van der Waals surface area contributed by atoms with Crippen molar-refractivity contribution in [3.8, 4) is 0 Å². The van der Waals surface area contributed by atoms with Gasteiger partial charge < -0.3 is 9.73 Å². The molecule has 3 rings (SSSR count). The molecule has 1 N–H and O–H groups in total. The number of hydrogen-bond donors (Lipinski definition) is 1. The molecule has 24 heavy (non-hydrogen) atoms. The van der Waals surface area contributed by atoms with Gasteiger partial charge in [-0.15, -0.1) is 0 Å². The van der Waals surface area contributed by atoms with Crippen molar-refractivity contribution in [2.45, 2.75) is 6.92 Å². The fraction of sp³-hybridized carbons (Fsp3) is 0.0588. The van der Waals surface area contributed by atoms with Gasteiger partial charge in [0.25, 0.3) is 11.6 Å².